The molecule has 0 aromatic heterocycles. The van der Waals surface area contributed by atoms with Crippen molar-refractivity contribution in [3.63, 3.8) is 0 Å². The molecule has 0 aromatic rings. The fraction of sp³-hybridized carbons (Fsp3) is 1.00. The lowest BCUT2D eigenvalue weighted by atomic mass is 10.2. The lowest BCUT2D eigenvalue weighted by Crippen LogP contribution is -2.50. The van der Waals surface area contributed by atoms with Crippen LogP contribution in [0.2, 0.25) is 0 Å². The summed E-state index contributed by atoms with van der Waals surface area (Å²) in [6, 6.07) is 0.334. The van der Waals surface area contributed by atoms with Crippen molar-refractivity contribution in [2.75, 3.05) is 32.7 Å². The molecule has 2 heterocycles. The Morgan fingerprint density at radius 3 is 2.67 bits per heavy atom. The Bertz CT molecular complexity index is 234. The van der Waals surface area contributed by atoms with Crippen molar-refractivity contribution in [3.8, 4) is 0 Å². The maximum atomic E-state index is 12.4. The minimum atomic E-state index is -4.13. The summed E-state index contributed by atoms with van der Waals surface area (Å²) in [4.78, 5) is 2.89. The number of nitrogens with zero attached hydrogens (tertiary/aromatic N) is 2. The monoisotopic (exact) mass is 286 g/mol. The summed E-state index contributed by atoms with van der Waals surface area (Å²) in [5, 5.41) is 0. The molecule has 2 aliphatic rings. The Morgan fingerprint density at radius 1 is 1.27 bits per heavy atom. The van der Waals surface area contributed by atoms with Crippen molar-refractivity contribution in [1.29, 1.82) is 0 Å². The zero-order valence-corrected chi connectivity index (χ0v) is 9.89. The third-order valence-electron chi connectivity index (χ3n) is 3.22. The van der Waals surface area contributed by atoms with Gasteiger partial charge in [0.2, 0.25) is 0 Å². The molecule has 0 radical (unpaired) electrons. The largest absolute Gasteiger partial charge is 0.402 e. The van der Waals surface area contributed by atoms with Crippen LogP contribution in [0.15, 0.2) is 0 Å². The third-order valence-corrected chi connectivity index (χ3v) is 4.03. The van der Waals surface area contributed by atoms with Crippen LogP contribution in [-0.4, -0.2) is 59.6 Å². The lowest BCUT2D eigenvalue weighted by molar-refractivity contribution is -0.132. The zero-order valence-electron chi connectivity index (χ0n) is 8.30. The first-order valence-electron chi connectivity index (χ1n) is 5.14. The second-order valence-corrected chi connectivity index (χ2v) is 5.35. The van der Waals surface area contributed by atoms with Gasteiger partial charge in [-0.3, -0.25) is 4.90 Å². The smallest absolute Gasteiger partial charge is 0.300 e. The first-order valence-corrected chi connectivity index (χ1v) is 6.05. The molecule has 2 aliphatic heterocycles. The van der Waals surface area contributed by atoms with Crippen molar-refractivity contribution in [2.24, 2.45) is 0 Å². The molecule has 0 amide bonds. The van der Waals surface area contributed by atoms with Gasteiger partial charge >= 0.3 is 6.18 Å². The second-order valence-electron chi connectivity index (χ2n) is 4.25. The van der Waals surface area contributed by atoms with E-state index in [1.54, 1.807) is 0 Å². The summed E-state index contributed by atoms with van der Waals surface area (Å²) in [7, 11) is 0. The molecule has 2 nitrogen and oxygen atoms in total. The zero-order chi connectivity index (χ0) is 11.1. The summed E-state index contributed by atoms with van der Waals surface area (Å²) >= 11 is 2.72. The number of fused-ring (bicyclic) bond motifs is 2. The van der Waals surface area contributed by atoms with Gasteiger partial charge in [0.05, 0.1) is 0 Å². The van der Waals surface area contributed by atoms with E-state index in [2.05, 4.69) is 20.8 Å². The van der Waals surface area contributed by atoms with Gasteiger partial charge in [-0.05, 0) is 13.0 Å². The molecule has 0 spiro atoms. The highest BCUT2D eigenvalue weighted by molar-refractivity contribution is 9.09. The summed E-state index contributed by atoms with van der Waals surface area (Å²) in [6.45, 7) is 3.75. The van der Waals surface area contributed by atoms with Crippen LogP contribution in [0.3, 0.4) is 0 Å². The van der Waals surface area contributed by atoms with E-state index < -0.39 is 11.0 Å². The third kappa shape index (κ3) is 2.65. The van der Waals surface area contributed by atoms with Crippen LogP contribution >= 0.6 is 15.9 Å². The summed E-state index contributed by atoms with van der Waals surface area (Å²) in [5.74, 6) is 0. The molecule has 0 aromatic carbocycles. The van der Waals surface area contributed by atoms with E-state index in [9.17, 15) is 13.2 Å². The van der Waals surface area contributed by atoms with Crippen molar-refractivity contribution in [2.45, 2.75) is 23.5 Å². The Morgan fingerprint density at radius 2 is 2.00 bits per heavy atom. The average molecular weight is 287 g/mol. The Kier molecular flexibility index (Phi) is 3.28. The molecule has 0 saturated carbocycles. The van der Waals surface area contributed by atoms with Crippen molar-refractivity contribution in [1.82, 2.24) is 9.80 Å². The van der Waals surface area contributed by atoms with Crippen LogP contribution in [0.5, 0.6) is 0 Å². The Labute approximate surface area is 95.5 Å². The fourth-order valence-electron chi connectivity index (χ4n) is 2.32. The van der Waals surface area contributed by atoms with Gasteiger partial charge in [0.25, 0.3) is 0 Å². The fourth-order valence-corrected chi connectivity index (χ4v) is 2.69. The van der Waals surface area contributed by atoms with E-state index >= 15 is 0 Å². The normalized spacial score (nSPS) is 34.4. The van der Waals surface area contributed by atoms with Crippen LogP contribution in [0.25, 0.3) is 0 Å². The van der Waals surface area contributed by atoms with E-state index in [4.69, 9.17) is 0 Å². The molecule has 2 bridgehead atoms. The van der Waals surface area contributed by atoms with E-state index in [0.29, 0.717) is 6.04 Å². The van der Waals surface area contributed by atoms with E-state index in [1.165, 1.54) is 0 Å². The van der Waals surface area contributed by atoms with Crippen molar-refractivity contribution < 1.29 is 13.2 Å². The van der Waals surface area contributed by atoms with Gasteiger partial charge in [-0.1, -0.05) is 15.9 Å². The highest BCUT2D eigenvalue weighted by Gasteiger charge is 2.41. The molecule has 88 valence electrons. The van der Waals surface area contributed by atoms with Gasteiger partial charge in [-0.15, -0.1) is 0 Å². The number of hydrogen-bond donors (Lipinski definition) is 0. The van der Waals surface area contributed by atoms with Crippen LogP contribution in [0.1, 0.15) is 6.42 Å². The van der Waals surface area contributed by atoms with Gasteiger partial charge in [0.1, 0.15) is 4.83 Å². The minimum absolute atomic E-state index is 0.0853. The number of alkyl halides is 4. The van der Waals surface area contributed by atoms with Gasteiger partial charge < -0.3 is 4.90 Å². The molecule has 3 atom stereocenters. The van der Waals surface area contributed by atoms with Crippen molar-refractivity contribution >= 4 is 15.9 Å². The van der Waals surface area contributed by atoms with Gasteiger partial charge in [0, 0.05) is 32.2 Å². The minimum Gasteiger partial charge on any atom is -0.300 e. The maximum Gasteiger partial charge on any atom is 0.402 e. The molecule has 15 heavy (non-hydrogen) atoms. The molecular weight excluding hydrogens is 273 g/mol. The van der Waals surface area contributed by atoms with Gasteiger partial charge in [0.15, 0.2) is 0 Å². The van der Waals surface area contributed by atoms with Gasteiger partial charge in [-0.25, -0.2) is 0 Å². The van der Waals surface area contributed by atoms with Crippen LogP contribution in [0, 0.1) is 0 Å². The Balaban J connectivity index is 1.89. The molecule has 6 heteroatoms. The molecule has 3 unspecified atom stereocenters. The molecule has 2 rings (SSSR count). The molecular formula is C9H14BrF3N2. The summed E-state index contributed by atoms with van der Waals surface area (Å²) in [5.41, 5.74) is 0. The topological polar surface area (TPSA) is 6.48 Å². The quantitative estimate of drug-likeness (QED) is 0.713. The molecule has 0 aliphatic carbocycles. The highest BCUT2D eigenvalue weighted by Crippen LogP contribution is 2.29. The number of hydrogen-bond acceptors (Lipinski definition) is 2. The van der Waals surface area contributed by atoms with Crippen LogP contribution < -0.4 is 0 Å². The number of rotatable bonds is 2. The number of piperazine rings is 1. The standard InChI is InChI=1S/C9H14BrF3N2/c10-8(9(11,12)13)6-15-4-3-14-2-1-7(15)5-14/h7-8H,1-6H2. The van der Waals surface area contributed by atoms with E-state index in [0.717, 1.165) is 32.6 Å². The molecule has 2 fully saturated rings. The SMILES string of the molecule is FC(F)(F)C(Br)CN1CCN2CCC1C2. The maximum absolute atomic E-state index is 12.4. The number of halogens is 4. The van der Waals surface area contributed by atoms with E-state index in [1.807, 2.05) is 4.90 Å². The highest BCUT2D eigenvalue weighted by atomic mass is 79.9. The molecule has 2 saturated heterocycles. The lowest BCUT2D eigenvalue weighted by Gasteiger charge is -2.35. The molecule has 0 N–H and O–H groups in total. The second kappa shape index (κ2) is 4.22. The van der Waals surface area contributed by atoms with Crippen molar-refractivity contribution in [3.05, 3.63) is 0 Å². The first kappa shape index (κ1) is 11.7. The predicted octanol–water partition coefficient (Wildman–Crippen LogP) is 1.70. The van der Waals surface area contributed by atoms with Crippen LogP contribution in [0.4, 0.5) is 13.2 Å². The summed E-state index contributed by atoms with van der Waals surface area (Å²) < 4.78 is 37.1. The Hall–Kier alpha value is 0.190. The summed E-state index contributed by atoms with van der Waals surface area (Å²) in [6.07, 6.45) is -3.12. The van der Waals surface area contributed by atoms with Gasteiger partial charge in [-0.2, -0.15) is 13.2 Å². The average Bonchev–Trinajstić information content (AvgIpc) is 2.52. The van der Waals surface area contributed by atoms with E-state index in [-0.39, 0.29) is 6.54 Å². The predicted molar refractivity (Wildman–Crippen MR) is 55.2 cm³/mol. The first-order chi connectivity index (χ1) is 6.97. The van der Waals surface area contributed by atoms with Crippen LogP contribution in [-0.2, 0) is 0 Å².